The van der Waals surface area contributed by atoms with Crippen LogP contribution in [0.25, 0.3) is 0 Å². The van der Waals surface area contributed by atoms with Crippen molar-refractivity contribution in [2.24, 2.45) is 0 Å². The van der Waals surface area contributed by atoms with Crippen molar-refractivity contribution in [2.75, 3.05) is 7.11 Å². The van der Waals surface area contributed by atoms with Crippen LogP contribution < -0.4 is 4.74 Å². The summed E-state index contributed by atoms with van der Waals surface area (Å²) < 4.78 is 5.15. The van der Waals surface area contributed by atoms with Gasteiger partial charge in [0.1, 0.15) is 11.8 Å². The zero-order chi connectivity index (χ0) is 16.4. The van der Waals surface area contributed by atoms with Crippen LogP contribution >= 0.6 is 0 Å². The first-order valence-electron chi connectivity index (χ1n) is 7.25. The highest BCUT2D eigenvalue weighted by Gasteiger charge is 2.35. The number of nitrogens with zero attached hydrogens (tertiary/aromatic N) is 2. The maximum Gasteiger partial charge on any atom is 0.326 e. The van der Waals surface area contributed by atoms with Crippen LogP contribution in [0.5, 0.6) is 5.75 Å². The Labute approximate surface area is 132 Å². The lowest BCUT2D eigenvalue weighted by Gasteiger charge is -2.32. The number of H-pyrrole nitrogens is 1. The molecule has 1 aromatic carbocycles. The second-order valence-corrected chi connectivity index (χ2v) is 5.44. The second-order valence-electron chi connectivity index (χ2n) is 5.44. The first-order chi connectivity index (χ1) is 11.1. The van der Waals surface area contributed by atoms with Crippen molar-refractivity contribution in [3.8, 4) is 5.75 Å². The van der Waals surface area contributed by atoms with Crippen molar-refractivity contribution >= 4 is 11.9 Å². The van der Waals surface area contributed by atoms with Gasteiger partial charge in [-0.2, -0.15) is 0 Å². The van der Waals surface area contributed by atoms with E-state index in [0.717, 1.165) is 11.3 Å². The standard InChI is InChI=1S/C16H17N3O4/c1-23-11-4-2-3-10(5-11)6-15(20)19-8-13-12(17-9-18-13)7-14(19)16(21)22/h2-5,9,14H,6-8H2,1H3,(H,17,18)(H,21,22)/t14-/m1/s1. The number of carboxylic acid groups (broad SMARTS) is 1. The van der Waals surface area contributed by atoms with Crippen LogP contribution in [-0.4, -0.2) is 45.0 Å². The molecule has 1 aliphatic rings. The predicted octanol–water partition coefficient (Wildman–Crippen LogP) is 0.999. The van der Waals surface area contributed by atoms with Gasteiger partial charge in [0.15, 0.2) is 0 Å². The fourth-order valence-electron chi connectivity index (χ4n) is 2.78. The average Bonchev–Trinajstić information content (AvgIpc) is 3.01. The molecule has 0 radical (unpaired) electrons. The quantitative estimate of drug-likeness (QED) is 0.877. The first kappa shape index (κ1) is 15.1. The maximum atomic E-state index is 12.6. The number of ether oxygens (including phenoxy) is 1. The summed E-state index contributed by atoms with van der Waals surface area (Å²) in [6.45, 7) is 0.231. The molecule has 1 aliphatic heterocycles. The Morgan fingerprint density at radius 2 is 2.30 bits per heavy atom. The monoisotopic (exact) mass is 315 g/mol. The minimum absolute atomic E-state index is 0.129. The van der Waals surface area contributed by atoms with Crippen LogP contribution in [0, 0.1) is 0 Å². The molecule has 0 fully saturated rings. The van der Waals surface area contributed by atoms with E-state index in [0.29, 0.717) is 11.4 Å². The molecule has 0 unspecified atom stereocenters. The van der Waals surface area contributed by atoms with E-state index >= 15 is 0 Å². The Kier molecular flexibility index (Phi) is 4.01. The van der Waals surface area contributed by atoms with Crippen LogP contribution in [0.4, 0.5) is 0 Å². The van der Waals surface area contributed by atoms with E-state index in [-0.39, 0.29) is 25.3 Å². The molecule has 120 valence electrons. The van der Waals surface area contributed by atoms with Gasteiger partial charge in [-0.1, -0.05) is 12.1 Å². The van der Waals surface area contributed by atoms with E-state index in [1.807, 2.05) is 6.07 Å². The number of carbonyl (C=O) groups excluding carboxylic acids is 1. The number of carboxylic acids is 1. The van der Waals surface area contributed by atoms with Crippen LogP contribution in [0.1, 0.15) is 17.0 Å². The van der Waals surface area contributed by atoms with Gasteiger partial charge in [0.2, 0.25) is 5.91 Å². The van der Waals surface area contributed by atoms with Crippen LogP contribution in [-0.2, 0) is 29.0 Å². The van der Waals surface area contributed by atoms with Gasteiger partial charge in [-0.25, -0.2) is 9.78 Å². The van der Waals surface area contributed by atoms with E-state index in [9.17, 15) is 14.7 Å². The molecule has 0 bridgehead atoms. The number of benzene rings is 1. The number of aromatic amines is 1. The molecule has 2 heterocycles. The zero-order valence-electron chi connectivity index (χ0n) is 12.7. The van der Waals surface area contributed by atoms with Crippen molar-refractivity contribution in [1.82, 2.24) is 14.9 Å². The van der Waals surface area contributed by atoms with Crippen molar-refractivity contribution in [3.63, 3.8) is 0 Å². The third-order valence-electron chi connectivity index (χ3n) is 3.99. The molecular formula is C16H17N3O4. The lowest BCUT2D eigenvalue weighted by atomic mass is 10.0. The lowest BCUT2D eigenvalue weighted by Crippen LogP contribution is -2.49. The molecular weight excluding hydrogens is 298 g/mol. The summed E-state index contributed by atoms with van der Waals surface area (Å²) in [5.41, 5.74) is 2.29. The summed E-state index contributed by atoms with van der Waals surface area (Å²) in [4.78, 5) is 32.6. The van der Waals surface area contributed by atoms with Crippen LogP contribution in [0.2, 0.25) is 0 Å². The smallest absolute Gasteiger partial charge is 0.326 e. The summed E-state index contributed by atoms with van der Waals surface area (Å²) in [6, 6.07) is 6.32. The summed E-state index contributed by atoms with van der Waals surface area (Å²) in [5, 5.41) is 9.42. The van der Waals surface area contributed by atoms with E-state index < -0.39 is 12.0 Å². The van der Waals surface area contributed by atoms with Crippen LogP contribution in [0.3, 0.4) is 0 Å². The third kappa shape index (κ3) is 3.03. The van der Waals surface area contributed by atoms with Gasteiger partial charge in [0.05, 0.1) is 37.8 Å². The van der Waals surface area contributed by atoms with Crippen LogP contribution in [0.15, 0.2) is 30.6 Å². The van der Waals surface area contributed by atoms with Gasteiger partial charge >= 0.3 is 5.97 Å². The number of hydrogen-bond donors (Lipinski definition) is 2. The number of imidazole rings is 1. The molecule has 0 aliphatic carbocycles. The SMILES string of the molecule is COc1cccc(CC(=O)N2Cc3[nH]cnc3C[C@@H]2C(=O)O)c1. The Morgan fingerprint density at radius 3 is 3.04 bits per heavy atom. The van der Waals surface area contributed by atoms with Gasteiger partial charge in [0, 0.05) is 6.42 Å². The number of methoxy groups -OCH3 is 1. The van der Waals surface area contributed by atoms with E-state index in [1.54, 1.807) is 25.3 Å². The highest BCUT2D eigenvalue weighted by Crippen LogP contribution is 2.22. The number of rotatable bonds is 4. The normalized spacial score (nSPS) is 16.7. The van der Waals surface area contributed by atoms with Gasteiger partial charge in [0.25, 0.3) is 0 Å². The summed E-state index contributed by atoms with van der Waals surface area (Å²) in [5.74, 6) is -0.580. The number of nitrogens with one attached hydrogen (secondary N) is 1. The number of aliphatic carboxylic acids is 1. The molecule has 0 spiro atoms. The number of fused-ring (bicyclic) bond motifs is 1. The molecule has 23 heavy (non-hydrogen) atoms. The molecule has 0 saturated heterocycles. The molecule has 7 nitrogen and oxygen atoms in total. The Morgan fingerprint density at radius 1 is 1.48 bits per heavy atom. The molecule has 2 aromatic rings. The van der Waals surface area contributed by atoms with Gasteiger partial charge in [-0.15, -0.1) is 0 Å². The minimum Gasteiger partial charge on any atom is -0.497 e. The minimum atomic E-state index is -1.02. The second kappa shape index (κ2) is 6.12. The van der Waals surface area contributed by atoms with Gasteiger partial charge in [-0.3, -0.25) is 4.79 Å². The lowest BCUT2D eigenvalue weighted by molar-refractivity contribution is -0.151. The number of carbonyl (C=O) groups is 2. The van der Waals surface area contributed by atoms with Crippen molar-refractivity contribution in [2.45, 2.75) is 25.4 Å². The molecule has 3 rings (SSSR count). The average molecular weight is 315 g/mol. The fourth-order valence-corrected chi connectivity index (χ4v) is 2.78. The highest BCUT2D eigenvalue weighted by atomic mass is 16.5. The number of hydrogen-bond acceptors (Lipinski definition) is 4. The number of amides is 1. The van der Waals surface area contributed by atoms with Gasteiger partial charge < -0.3 is 19.7 Å². The maximum absolute atomic E-state index is 12.6. The Hall–Kier alpha value is -2.83. The Bertz CT molecular complexity index is 740. The third-order valence-corrected chi connectivity index (χ3v) is 3.99. The topological polar surface area (TPSA) is 95.5 Å². The summed E-state index contributed by atoms with van der Waals surface area (Å²) >= 11 is 0. The van der Waals surface area contributed by atoms with Crippen molar-refractivity contribution in [1.29, 1.82) is 0 Å². The largest absolute Gasteiger partial charge is 0.497 e. The van der Waals surface area contributed by atoms with Crippen molar-refractivity contribution in [3.05, 3.63) is 47.5 Å². The first-order valence-corrected chi connectivity index (χ1v) is 7.25. The molecule has 1 atom stereocenters. The van der Waals surface area contributed by atoms with Crippen molar-refractivity contribution < 1.29 is 19.4 Å². The van der Waals surface area contributed by atoms with E-state index in [4.69, 9.17) is 4.74 Å². The molecule has 7 heteroatoms. The summed E-state index contributed by atoms with van der Waals surface area (Å²) in [7, 11) is 1.56. The molecule has 1 aromatic heterocycles. The summed E-state index contributed by atoms with van der Waals surface area (Å²) in [6.07, 6.45) is 1.88. The fraction of sp³-hybridized carbons (Fsp3) is 0.312. The van der Waals surface area contributed by atoms with E-state index in [2.05, 4.69) is 9.97 Å². The molecule has 2 N–H and O–H groups in total. The zero-order valence-corrected chi connectivity index (χ0v) is 12.7. The molecule has 1 amide bonds. The van der Waals surface area contributed by atoms with E-state index in [1.165, 1.54) is 11.2 Å². The molecule has 0 saturated carbocycles. The van der Waals surface area contributed by atoms with Gasteiger partial charge in [-0.05, 0) is 17.7 Å². The Balaban J connectivity index is 1.80. The highest BCUT2D eigenvalue weighted by molar-refractivity contribution is 5.85. The predicted molar refractivity (Wildman–Crippen MR) is 81.0 cm³/mol. The number of aromatic nitrogens is 2.